The predicted molar refractivity (Wildman–Crippen MR) is 81.4 cm³/mol. The number of anilines is 1. The van der Waals surface area contributed by atoms with Crippen LogP contribution in [0.3, 0.4) is 0 Å². The summed E-state index contributed by atoms with van der Waals surface area (Å²) < 4.78 is 1.41. The molecule has 2 heterocycles. The van der Waals surface area contributed by atoms with Crippen LogP contribution in [0.25, 0.3) is 10.9 Å². The highest BCUT2D eigenvalue weighted by molar-refractivity contribution is 6.04. The Morgan fingerprint density at radius 2 is 2.00 bits per heavy atom. The van der Waals surface area contributed by atoms with Crippen LogP contribution in [0.15, 0.2) is 59.7 Å². The molecule has 1 N–H and O–H groups in total. The molecule has 0 aliphatic heterocycles. The minimum Gasteiger partial charge on any atom is -0.321 e. The van der Waals surface area contributed by atoms with Gasteiger partial charge >= 0.3 is 0 Å². The van der Waals surface area contributed by atoms with E-state index in [9.17, 15) is 9.59 Å². The van der Waals surface area contributed by atoms with Crippen LogP contribution < -0.4 is 10.9 Å². The molecule has 0 bridgehead atoms. The Balaban J connectivity index is 1.88. The molecule has 0 unspecified atom stereocenters. The lowest BCUT2D eigenvalue weighted by molar-refractivity contribution is 0.102. The minimum atomic E-state index is -0.329. The van der Waals surface area contributed by atoms with Gasteiger partial charge in [-0.25, -0.2) is 0 Å². The molecular weight excluding hydrogens is 266 g/mol. The van der Waals surface area contributed by atoms with E-state index in [0.717, 1.165) is 10.9 Å². The average molecular weight is 279 g/mol. The van der Waals surface area contributed by atoms with Crippen molar-refractivity contribution in [1.29, 1.82) is 0 Å². The fourth-order valence-corrected chi connectivity index (χ4v) is 2.03. The summed E-state index contributed by atoms with van der Waals surface area (Å²) in [6, 6.07) is 12.4. The number of carbonyl (C=O) groups excluding carboxylic acids is 1. The van der Waals surface area contributed by atoms with Gasteiger partial charge in [0.15, 0.2) is 0 Å². The van der Waals surface area contributed by atoms with Crippen molar-refractivity contribution in [3.8, 4) is 0 Å². The van der Waals surface area contributed by atoms with E-state index in [2.05, 4.69) is 10.3 Å². The second-order valence-electron chi connectivity index (χ2n) is 4.74. The van der Waals surface area contributed by atoms with Gasteiger partial charge in [0.2, 0.25) is 0 Å². The monoisotopic (exact) mass is 279 g/mol. The third-order valence-electron chi connectivity index (χ3n) is 3.21. The Morgan fingerprint density at radius 3 is 2.81 bits per heavy atom. The van der Waals surface area contributed by atoms with E-state index in [1.165, 1.54) is 10.6 Å². The van der Waals surface area contributed by atoms with Gasteiger partial charge in [-0.05, 0) is 18.2 Å². The Kier molecular flexibility index (Phi) is 3.23. The zero-order valence-electron chi connectivity index (χ0n) is 11.4. The summed E-state index contributed by atoms with van der Waals surface area (Å²) in [5.74, 6) is -0.329. The van der Waals surface area contributed by atoms with E-state index >= 15 is 0 Å². The van der Waals surface area contributed by atoms with Crippen LogP contribution in [-0.4, -0.2) is 15.5 Å². The number of benzene rings is 1. The van der Waals surface area contributed by atoms with Crippen molar-refractivity contribution >= 4 is 22.5 Å². The Labute approximate surface area is 120 Å². The van der Waals surface area contributed by atoms with Crippen molar-refractivity contribution in [2.75, 3.05) is 5.32 Å². The van der Waals surface area contributed by atoms with Crippen LogP contribution in [0, 0.1) is 0 Å². The van der Waals surface area contributed by atoms with E-state index in [0.29, 0.717) is 11.3 Å². The minimum absolute atomic E-state index is 0.223. The van der Waals surface area contributed by atoms with Crippen molar-refractivity contribution in [3.63, 3.8) is 0 Å². The molecule has 1 aromatic carbocycles. The van der Waals surface area contributed by atoms with Crippen molar-refractivity contribution in [2.45, 2.75) is 0 Å². The highest BCUT2D eigenvalue weighted by Crippen LogP contribution is 2.16. The van der Waals surface area contributed by atoms with Gasteiger partial charge < -0.3 is 9.88 Å². The van der Waals surface area contributed by atoms with E-state index < -0.39 is 0 Å². The average Bonchev–Trinajstić information content (AvgIpc) is 2.50. The van der Waals surface area contributed by atoms with E-state index in [-0.39, 0.29) is 11.5 Å². The first-order chi connectivity index (χ1) is 10.1. The number of hydrogen-bond donors (Lipinski definition) is 1. The molecule has 0 aliphatic rings. The maximum atomic E-state index is 12.1. The summed E-state index contributed by atoms with van der Waals surface area (Å²) in [5.41, 5.74) is 1.56. The summed E-state index contributed by atoms with van der Waals surface area (Å²) in [6.07, 6.45) is 3.16. The molecule has 0 saturated heterocycles. The highest BCUT2D eigenvalue weighted by atomic mass is 16.2. The first-order valence-corrected chi connectivity index (χ1v) is 6.46. The molecule has 3 rings (SSSR count). The molecule has 0 aliphatic carbocycles. The number of nitrogens with zero attached hydrogens (tertiary/aromatic N) is 2. The van der Waals surface area contributed by atoms with Crippen molar-refractivity contribution < 1.29 is 4.79 Å². The number of fused-ring (bicyclic) bond motifs is 1. The van der Waals surface area contributed by atoms with Crippen molar-refractivity contribution in [3.05, 3.63) is 70.8 Å². The maximum Gasteiger partial charge on any atom is 0.255 e. The number of hydrogen-bond acceptors (Lipinski definition) is 3. The number of nitrogens with one attached hydrogen (secondary N) is 1. The summed E-state index contributed by atoms with van der Waals surface area (Å²) in [6.45, 7) is 0. The van der Waals surface area contributed by atoms with Gasteiger partial charge in [-0.15, -0.1) is 0 Å². The molecule has 0 spiro atoms. The zero-order valence-corrected chi connectivity index (χ0v) is 11.4. The molecule has 2 aromatic heterocycles. The van der Waals surface area contributed by atoms with Crippen LogP contribution in [0.4, 0.5) is 5.69 Å². The molecule has 3 aromatic rings. The van der Waals surface area contributed by atoms with E-state index in [4.69, 9.17) is 0 Å². The molecule has 104 valence electrons. The number of pyridine rings is 2. The normalized spacial score (nSPS) is 10.5. The van der Waals surface area contributed by atoms with Gasteiger partial charge in [-0.2, -0.15) is 0 Å². The van der Waals surface area contributed by atoms with Crippen molar-refractivity contribution in [2.24, 2.45) is 7.05 Å². The number of carbonyl (C=O) groups is 1. The van der Waals surface area contributed by atoms with Gasteiger partial charge in [0, 0.05) is 30.3 Å². The summed E-state index contributed by atoms with van der Waals surface area (Å²) in [5, 5.41) is 3.69. The molecule has 1 amide bonds. The van der Waals surface area contributed by atoms with Crippen LogP contribution in [0.2, 0.25) is 0 Å². The second-order valence-corrected chi connectivity index (χ2v) is 4.74. The topological polar surface area (TPSA) is 64.0 Å². The van der Waals surface area contributed by atoms with Gasteiger partial charge in [0.05, 0.1) is 17.4 Å². The van der Waals surface area contributed by atoms with Crippen LogP contribution >= 0.6 is 0 Å². The largest absolute Gasteiger partial charge is 0.321 e. The molecule has 21 heavy (non-hydrogen) atoms. The second kappa shape index (κ2) is 5.20. The summed E-state index contributed by atoms with van der Waals surface area (Å²) in [7, 11) is 1.64. The molecule has 0 fully saturated rings. The Hall–Kier alpha value is -2.95. The standard InChI is InChI=1S/C16H13N3O2/c1-19-7-6-12(9-15(19)20)16(21)18-13-8-11-4-2-3-5-14(11)17-10-13/h2-10H,1H3,(H,18,21). The number of rotatable bonds is 2. The van der Waals surface area contributed by atoms with Crippen molar-refractivity contribution in [1.82, 2.24) is 9.55 Å². The molecule has 5 heteroatoms. The SMILES string of the molecule is Cn1ccc(C(=O)Nc2cnc3ccccc3c2)cc1=O. The van der Waals surface area contributed by atoms with E-state index in [1.54, 1.807) is 25.5 Å². The van der Waals surface area contributed by atoms with Gasteiger partial charge in [0.25, 0.3) is 11.5 Å². The highest BCUT2D eigenvalue weighted by Gasteiger charge is 2.08. The zero-order chi connectivity index (χ0) is 14.8. The molecule has 5 nitrogen and oxygen atoms in total. The molecule has 0 radical (unpaired) electrons. The number of amides is 1. The fraction of sp³-hybridized carbons (Fsp3) is 0.0625. The fourth-order valence-electron chi connectivity index (χ4n) is 2.03. The lowest BCUT2D eigenvalue weighted by Gasteiger charge is -2.06. The number of aryl methyl sites for hydroxylation is 1. The van der Waals surface area contributed by atoms with Crippen LogP contribution in [0.5, 0.6) is 0 Å². The lowest BCUT2D eigenvalue weighted by Crippen LogP contribution is -2.20. The van der Waals surface area contributed by atoms with Gasteiger partial charge in [-0.1, -0.05) is 18.2 Å². The summed E-state index contributed by atoms with van der Waals surface area (Å²) >= 11 is 0. The van der Waals surface area contributed by atoms with Gasteiger partial charge in [0.1, 0.15) is 0 Å². The maximum absolute atomic E-state index is 12.1. The lowest BCUT2D eigenvalue weighted by atomic mass is 10.2. The first kappa shape index (κ1) is 13.1. The summed E-state index contributed by atoms with van der Waals surface area (Å²) in [4.78, 5) is 27.9. The third-order valence-corrected chi connectivity index (χ3v) is 3.21. The number of para-hydroxylation sites is 1. The third kappa shape index (κ3) is 2.67. The first-order valence-electron chi connectivity index (χ1n) is 6.46. The number of aromatic nitrogens is 2. The predicted octanol–water partition coefficient (Wildman–Crippen LogP) is 2.19. The smallest absolute Gasteiger partial charge is 0.255 e. The van der Waals surface area contributed by atoms with Crippen LogP contribution in [0.1, 0.15) is 10.4 Å². The molecule has 0 saturated carbocycles. The van der Waals surface area contributed by atoms with Gasteiger partial charge in [-0.3, -0.25) is 14.6 Å². The Bertz CT molecular complexity index is 884. The van der Waals surface area contributed by atoms with E-state index in [1.807, 2.05) is 30.3 Å². The molecule has 0 atom stereocenters. The molecular formula is C16H13N3O2. The van der Waals surface area contributed by atoms with Crippen LogP contribution in [-0.2, 0) is 7.05 Å². The quantitative estimate of drug-likeness (QED) is 0.782. The Morgan fingerprint density at radius 1 is 1.19 bits per heavy atom.